The molecule has 1 aromatic heterocycles. The van der Waals surface area contributed by atoms with Crippen molar-refractivity contribution in [2.75, 3.05) is 0 Å². The van der Waals surface area contributed by atoms with E-state index in [-0.39, 0.29) is 5.78 Å². The van der Waals surface area contributed by atoms with Gasteiger partial charge in [0.2, 0.25) is 0 Å². The highest BCUT2D eigenvalue weighted by molar-refractivity contribution is 6.13. The predicted octanol–water partition coefficient (Wildman–Crippen LogP) is 4.48. The summed E-state index contributed by atoms with van der Waals surface area (Å²) in [4.78, 5) is 16.1. The van der Waals surface area contributed by atoms with Crippen LogP contribution in [-0.2, 0) is 6.42 Å². The van der Waals surface area contributed by atoms with E-state index in [1.165, 1.54) is 0 Å². The van der Waals surface area contributed by atoms with Crippen LogP contribution in [0.5, 0.6) is 0 Å². The van der Waals surface area contributed by atoms with Crippen molar-refractivity contribution >= 4 is 5.78 Å². The third-order valence-electron chi connectivity index (χ3n) is 3.66. The lowest BCUT2D eigenvalue weighted by molar-refractivity contribution is 0.103. The van der Waals surface area contributed by atoms with E-state index in [1.54, 1.807) is 0 Å². The molecule has 2 heteroatoms. The van der Waals surface area contributed by atoms with Gasteiger partial charge in [-0.1, -0.05) is 67.6 Å². The smallest absolute Gasteiger partial charge is 0.195 e. The van der Waals surface area contributed by atoms with Crippen LogP contribution in [0.15, 0.2) is 66.9 Å². The van der Waals surface area contributed by atoms with Gasteiger partial charge in [0.05, 0.1) is 5.56 Å². The molecule has 0 unspecified atom stereocenters. The number of nitrogens with one attached hydrogen (secondary N) is 1. The third kappa shape index (κ3) is 2.52. The maximum absolute atomic E-state index is 12.9. The van der Waals surface area contributed by atoms with Crippen LogP contribution in [-0.4, -0.2) is 10.8 Å². The van der Waals surface area contributed by atoms with Crippen molar-refractivity contribution in [3.8, 4) is 11.1 Å². The average molecular weight is 275 g/mol. The summed E-state index contributed by atoms with van der Waals surface area (Å²) in [5.41, 5.74) is 4.54. The molecule has 2 nitrogen and oxygen atoms in total. The van der Waals surface area contributed by atoms with Gasteiger partial charge < -0.3 is 4.98 Å². The summed E-state index contributed by atoms with van der Waals surface area (Å²) >= 11 is 0. The summed E-state index contributed by atoms with van der Waals surface area (Å²) in [7, 11) is 0. The van der Waals surface area contributed by atoms with Crippen LogP contribution < -0.4 is 0 Å². The van der Waals surface area contributed by atoms with Crippen molar-refractivity contribution < 1.29 is 4.79 Å². The van der Waals surface area contributed by atoms with Gasteiger partial charge in [-0.05, 0) is 12.0 Å². The fourth-order valence-electron chi connectivity index (χ4n) is 2.58. The molecule has 0 aliphatic carbocycles. The number of benzene rings is 2. The molecule has 3 aromatic rings. The van der Waals surface area contributed by atoms with Crippen molar-refractivity contribution in [1.82, 2.24) is 4.98 Å². The first-order valence-corrected chi connectivity index (χ1v) is 7.16. The zero-order chi connectivity index (χ0) is 14.7. The zero-order valence-corrected chi connectivity index (χ0v) is 12.0. The first-order chi connectivity index (χ1) is 10.3. The standard InChI is InChI=1S/C19H17NO/c1-2-17-18(19(21)15-11-7-4-8-12-15)16(13-20-17)14-9-5-3-6-10-14/h3-13,20H,2H2,1H3. The molecule has 0 amide bonds. The van der Waals surface area contributed by atoms with E-state index in [1.807, 2.05) is 66.9 Å². The molecule has 1 heterocycles. The van der Waals surface area contributed by atoms with Gasteiger partial charge in [-0.25, -0.2) is 0 Å². The minimum absolute atomic E-state index is 0.0764. The number of aromatic amines is 1. The maximum Gasteiger partial charge on any atom is 0.195 e. The quantitative estimate of drug-likeness (QED) is 0.700. The fourth-order valence-corrected chi connectivity index (χ4v) is 2.58. The molecule has 0 radical (unpaired) electrons. The number of ketones is 1. The van der Waals surface area contributed by atoms with E-state index in [2.05, 4.69) is 11.9 Å². The average Bonchev–Trinajstić information content (AvgIpc) is 2.99. The zero-order valence-electron chi connectivity index (χ0n) is 12.0. The summed E-state index contributed by atoms with van der Waals surface area (Å²) in [6, 6.07) is 19.5. The Bertz CT molecular complexity index is 742. The SMILES string of the molecule is CCc1[nH]cc(-c2ccccc2)c1C(=O)c1ccccc1. The number of hydrogen-bond acceptors (Lipinski definition) is 1. The van der Waals surface area contributed by atoms with Crippen LogP contribution in [0.1, 0.15) is 28.5 Å². The Hall–Kier alpha value is -2.61. The highest BCUT2D eigenvalue weighted by Gasteiger charge is 2.19. The number of carbonyl (C=O) groups excluding carboxylic acids is 1. The highest BCUT2D eigenvalue weighted by atomic mass is 16.1. The van der Waals surface area contributed by atoms with Gasteiger partial charge >= 0.3 is 0 Å². The van der Waals surface area contributed by atoms with Crippen LogP contribution in [0.4, 0.5) is 0 Å². The van der Waals surface area contributed by atoms with Gasteiger partial charge in [-0.2, -0.15) is 0 Å². The number of aromatic nitrogens is 1. The molecule has 0 saturated heterocycles. The Morgan fingerprint density at radius 1 is 0.952 bits per heavy atom. The topological polar surface area (TPSA) is 32.9 Å². The molecule has 2 aromatic carbocycles. The van der Waals surface area contributed by atoms with E-state index < -0.39 is 0 Å². The Labute approximate surface area is 124 Å². The molecule has 3 rings (SSSR count). The molecule has 21 heavy (non-hydrogen) atoms. The van der Waals surface area contributed by atoms with Gasteiger partial charge in [-0.3, -0.25) is 4.79 Å². The number of rotatable bonds is 4. The molecule has 0 aliphatic rings. The van der Waals surface area contributed by atoms with Crippen LogP contribution in [0.25, 0.3) is 11.1 Å². The van der Waals surface area contributed by atoms with E-state index in [0.717, 1.165) is 34.4 Å². The fraction of sp³-hybridized carbons (Fsp3) is 0.105. The van der Waals surface area contributed by atoms with E-state index >= 15 is 0 Å². The second kappa shape index (κ2) is 5.80. The largest absolute Gasteiger partial charge is 0.364 e. The summed E-state index contributed by atoms with van der Waals surface area (Å²) in [5.74, 6) is 0.0764. The molecule has 104 valence electrons. The van der Waals surface area contributed by atoms with Gasteiger partial charge in [0.1, 0.15) is 0 Å². The summed E-state index contributed by atoms with van der Waals surface area (Å²) in [5, 5.41) is 0. The van der Waals surface area contributed by atoms with Crippen molar-refractivity contribution in [3.05, 3.63) is 83.7 Å². The molecular weight excluding hydrogens is 258 g/mol. The van der Waals surface area contributed by atoms with Gasteiger partial charge in [0.25, 0.3) is 0 Å². The third-order valence-corrected chi connectivity index (χ3v) is 3.66. The minimum Gasteiger partial charge on any atom is -0.364 e. The molecule has 0 saturated carbocycles. The lowest BCUT2D eigenvalue weighted by Gasteiger charge is -2.06. The molecule has 1 N–H and O–H groups in total. The summed E-state index contributed by atoms with van der Waals surface area (Å²) < 4.78 is 0. The number of carbonyl (C=O) groups is 1. The van der Waals surface area contributed by atoms with Gasteiger partial charge in [0, 0.05) is 23.0 Å². The Kier molecular flexibility index (Phi) is 3.69. The van der Waals surface area contributed by atoms with Gasteiger partial charge in [-0.15, -0.1) is 0 Å². The Morgan fingerprint density at radius 3 is 2.19 bits per heavy atom. The van der Waals surface area contributed by atoms with Crippen molar-refractivity contribution in [2.24, 2.45) is 0 Å². The van der Waals surface area contributed by atoms with Crippen molar-refractivity contribution in [1.29, 1.82) is 0 Å². The van der Waals surface area contributed by atoms with Crippen LogP contribution in [0, 0.1) is 0 Å². The monoisotopic (exact) mass is 275 g/mol. The molecule has 0 aliphatic heterocycles. The molecule has 0 bridgehead atoms. The number of H-pyrrole nitrogens is 1. The van der Waals surface area contributed by atoms with E-state index in [0.29, 0.717) is 0 Å². The first-order valence-electron chi connectivity index (χ1n) is 7.16. The van der Waals surface area contributed by atoms with Crippen LogP contribution in [0.3, 0.4) is 0 Å². The van der Waals surface area contributed by atoms with Crippen molar-refractivity contribution in [2.45, 2.75) is 13.3 Å². The van der Waals surface area contributed by atoms with Gasteiger partial charge in [0.15, 0.2) is 5.78 Å². The molecular formula is C19H17NO. The van der Waals surface area contributed by atoms with E-state index in [9.17, 15) is 4.79 Å². The lowest BCUT2D eigenvalue weighted by Crippen LogP contribution is -2.04. The van der Waals surface area contributed by atoms with Crippen molar-refractivity contribution in [3.63, 3.8) is 0 Å². The number of hydrogen-bond donors (Lipinski definition) is 1. The molecule has 0 fully saturated rings. The maximum atomic E-state index is 12.9. The Balaban J connectivity index is 2.13. The Morgan fingerprint density at radius 2 is 1.57 bits per heavy atom. The van der Waals surface area contributed by atoms with E-state index in [4.69, 9.17) is 0 Å². The highest BCUT2D eigenvalue weighted by Crippen LogP contribution is 2.28. The first kappa shape index (κ1) is 13.4. The second-order valence-corrected chi connectivity index (χ2v) is 4.97. The second-order valence-electron chi connectivity index (χ2n) is 4.97. The predicted molar refractivity (Wildman–Crippen MR) is 85.5 cm³/mol. The van der Waals surface area contributed by atoms with Crippen LogP contribution >= 0.6 is 0 Å². The molecule has 0 spiro atoms. The minimum atomic E-state index is 0.0764. The normalized spacial score (nSPS) is 10.5. The van der Waals surface area contributed by atoms with Crippen LogP contribution in [0.2, 0.25) is 0 Å². The lowest BCUT2D eigenvalue weighted by atomic mass is 9.95. The summed E-state index contributed by atoms with van der Waals surface area (Å²) in [6.45, 7) is 2.06. The summed E-state index contributed by atoms with van der Waals surface area (Å²) in [6.07, 6.45) is 2.74. The molecule has 0 atom stereocenters. The number of aryl methyl sites for hydroxylation is 1.